The number of ether oxygens (including phenoxy) is 2. The van der Waals surface area contributed by atoms with Gasteiger partial charge in [0.2, 0.25) is 5.91 Å². The van der Waals surface area contributed by atoms with Gasteiger partial charge in [-0.25, -0.2) is 0 Å². The molecule has 0 saturated carbocycles. The van der Waals surface area contributed by atoms with Gasteiger partial charge in [0.25, 0.3) is 0 Å². The van der Waals surface area contributed by atoms with E-state index in [1.54, 1.807) is 6.08 Å². The van der Waals surface area contributed by atoms with E-state index in [0.717, 1.165) is 96.3 Å². The second kappa shape index (κ2) is 65.8. The number of hydrogen-bond donors (Lipinski definition) is 6. The molecule has 1 rings (SSSR count). The topological polar surface area (TPSA) is 149 Å². The van der Waals surface area contributed by atoms with Crippen LogP contribution in [0.4, 0.5) is 0 Å². The predicted molar refractivity (Wildman–Crippen MR) is 373 cm³/mol. The summed E-state index contributed by atoms with van der Waals surface area (Å²) in [6.45, 7) is 3.68. The van der Waals surface area contributed by atoms with E-state index in [1.165, 1.54) is 205 Å². The number of amides is 1. The van der Waals surface area contributed by atoms with E-state index in [1.807, 2.05) is 6.08 Å². The van der Waals surface area contributed by atoms with E-state index in [9.17, 15) is 30.3 Å². The van der Waals surface area contributed by atoms with Crippen LogP contribution in [0.25, 0.3) is 0 Å². The lowest BCUT2D eigenvalue weighted by molar-refractivity contribution is -0.302. The van der Waals surface area contributed by atoms with Crippen LogP contribution >= 0.6 is 0 Å². The Morgan fingerprint density at radius 3 is 1.10 bits per heavy atom. The Balaban J connectivity index is 2.16. The van der Waals surface area contributed by atoms with E-state index >= 15 is 0 Å². The Labute approximate surface area is 536 Å². The van der Waals surface area contributed by atoms with Crippen molar-refractivity contribution in [1.29, 1.82) is 0 Å². The smallest absolute Gasteiger partial charge is 0.220 e. The van der Waals surface area contributed by atoms with Crippen molar-refractivity contribution < 1.29 is 39.8 Å². The molecule has 7 unspecified atom stereocenters. The zero-order chi connectivity index (χ0) is 62.8. The lowest BCUT2D eigenvalue weighted by atomic mass is 9.99. The predicted octanol–water partition coefficient (Wildman–Crippen LogP) is 20.4. The number of carbonyl (C=O) groups excluding carboxylic acids is 1. The van der Waals surface area contributed by atoms with Crippen molar-refractivity contribution in [2.24, 2.45) is 0 Å². The molecule has 0 radical (unpaired) electrons. The van der Waals surface area contributed by atoms with E-state index in [0.29, 0.717) is 6.42 Å². The van der Waals surface area contributed by atoms with Crippen LogP contribution in [0.3, 0.4) is 0 Å². The summed E-state index contributed by atoms with van der Waals surface area (Å²) < 4.78 is 11.3. The van der Waals surface area contributed by atoms with Crippen molar-refractivity contribution >= 4 is 5.91 Å². The second-order valence-electron chi connectivity index (χ2n) is 25.0. The number of nitrogens with one attached hydrogen (secondary N) is 1. The van der Waals surface area contributed by atoms with E-state index in [4.69, 9.17) is 9.47 Å². The molecule has 0 aromatic carbocycles. The molecule has 9 heteroatoms. The van der Waals surface area contributed by atoms with Gasteiger partial charge in [0.05, 0.1) is 25.4 Å². The van der Waals surface area contributed by atoms with Gasteiger partial charge >= 0.3 is 0 Å². The molecule has 9 nitrogen and oxygen atoms in total. The first-order valence-electron chi connectivity index (χ1n) is 36.6. The average molecular weight is 1220 g/mol. The van der Waals surface area contributed by atoms with Gasteiger partial charge in [-0.3, -0.25) is 4.79 Å². The molecule has 1 aliphatic heterocycles. The molecule has 0 spiro atoms. The number of allylic oxidation sites excluding steroid dienone is 17. The van der Waals surface area contributed by atoms with Gasteiger partial charge in [0.1, 0.15) is 24.4 Å². The molecule has 7 atom stereocenters. The van der Waals surface area contributed by atoms with Gasteiger partial charge in [0.15, 0.2) is 6.29 Å². The minimum atomic E-state index is -1.58. The molecule has 502 valence electrons. The molecule has 1 amide bonds. The van der Waals surface area contributed by atoms with E-state index in [2.05, 4.69) is 116 Å². The van der Waals surface area contributed by atoms with Crippen molar-refractivity contribution in [3.8, 4) is 0 Å². The third-order valence-corrected chi connectivity index (χ3v) is 16.8. The van der Waals surface area contributed by atoms with Crippen LogP contribution in [-0.4, -0.2) is 87.5 Å². The Bertz CT molecular complexity index is 1750. The van der Waals surface area contributed by atoms with Crippen molar-refractivity contribution in [2.75, 3.05) is 13.2 Å². The van der Waals surface area contributed by atoms with Crippen molar-refractivity contribution in [3.63, 3.8) is 0 Å². The Morgan fingerprint density at radius 1 is 0.402 bits per heavy atom. The monoisotopic (exact) mass is 1220 g/mol. The highest BCUT2D eigenvalue weighted by Gasteiger charge is 2.44. The van der Waals surface area contributed by atoms with Crippen LogP contribution in [0.5, 0.6) is 0 Å². The molecule has 1 saturated heterocycles. The number of aliphatic hydroxyl groups is 5. The van der Waals surface area contributed by atoms with Crippen LogP contribution in [0, 0.1) is 0 Å². The fraction of sp³-hybridized carbons (Fsp3) is 0.756. The highest BCUT2D eigenvalue weighted by atomic mass is 16.7. The number of rotatable bonds is 63. The minimum Gasteiger partial charge on any atom is -0.394 e. The zero-order valence-corrected chi connectivity index (χ0v) is 56.2. The van der Waals surface area contributed by atoms with Crippen LogP contribution in [-0.2, 0) is 14.3 Å². The van der Waals surface area contributed by atoms with Crippen LogP contribution in [0.15, 0.2) is 109 Å². The zero-order valence-electron chi connectivity index (χ0n) is 56.2. The number of hydrogen-bond acceptors (Lipinski definition) is 8. The first kappa shape index (κ1) is 81.9. The van der Waals surface area contributed by atoms with Gasteiger partial charge in [-0.15, -0.1) is 0 Å². The Morgan fingerprint density at radius 2 is 0.724 bits per heavy atom. The fourth-order valence-electron chi connectivity index (χ4n) is 11.2. The van der Waals surface area contributed by atoms with E-state index < -0.39 is 49.5 Å². The van der Waals surface area contributed by atoms with Crippen LogP contribution < -0.4 is 5.32 Å². The summed E-state index contributed by atoms with van der Waals surface area (Å²) in [4.78, 5) is 13.1. The van der Waals surface area contributed by atoms with Crippen LogP contribution in [0.1, 0.15) is 322 Å². The average Bonchev–Trinajstić information content (AvgIpc) is 3.47. The van der Waals surface area contributed by atoms with Gasteiger partial charge < -0.3 is 40.3 Å². The molecule has 0 aromatic rings. The molecule has 0 aliphatic carbocycles. The van der Waals surface area contributed by atoms with Gasteiger partial charge in [-0.2, -0.15) is 0 Å². The first-order valence-corrected chi connectivity index (χ1v) is 36.6. The quantitative estimate of drug-likeness (QED) is 0.0261. The third kappa shape index (κ3) is 54.3. The summed E-state index contributed by atoms with van der Waals surface area (Å²) in [5.74, 6) is -0.194. The maximum atomic E-state index is 13.1. The minimum absolute atomic E-state index is 0.194. The molecule has 1 fully saturated rings. The van der Waals surface area contributed by atoms with Crippen LogP contribution in [0.2, 0.25) is 0 Å². The van der Waals surface area contributed by atoms with E-state index in [-0.39, 0.29) is 12.5 Å². The largest absolute Gasteiger partial charge is 0.394 e. The van der Waals surface area contributed by atoms with Gasteiger partial charge in [-0.05, 0) is 89.9 Å². The normalized spacial score (nSPS) is 18.6. The molecular formula is C78H137NO8. The Hall–Kier alpha value is -3.15. The lowest BCUT2D eigenvalue weighted by Gasteiger charge is -2.40. The van der Waals surface area contributed by atoms with Gasteiger partial charge in [-0.1, -0.05) is 335 Å². The number of carbonyl (C=O) groups is 1. The number of unbranched alkanes of at least 4 members (excludes halogenated alkanes) is 37. The second-order valence-corrected chi connectivity index (χ2v) is 25.0. The molecule has 87 heavy (non-hydrogen) atoms. The standard InChI is InChI=1S/C78H137NO8/c1-3-5-7-9-11-13-15-17-19-21-23-25-27-29-31-33-35-36-38-39-41-43-45-47-49-51-53-55-57-59-61-63-65-67-72(81)71(70-86-78-77(85)76(84)75(83)73(69-80)87-78)79-74(82)68-66-64-62-60-58-56-54-52-50-48-46-44-42-40-37-34-32-30-28-26-24-22-20-18-16-14-12-10-8-6-4-2/h6,8,12,14,18,20,24,26,30,32,37,40,44,46,57,59,65,67,71-73,75-78,80-81,83-85H,3-5,7,9-11,13,15-17,19,21-23,25,27-29,31,33-36,38-39,41-43,45,47-56,58,60-64,66,68-70H2,1-2H3,(H,79,82)/b8-6-,14-12-,20-18-,26-24-,32-30-,40-37-,46-44-,59-57+,67-65+. The van der Waals surface area contributed by atoms with Crippen molar-refractivity contribution in [3.05, 3.63) is 109 Å². The maximum Gasteiger partial charge on any atom is 0.220 e. The summed E-state index contributed by atoms with van der Waals surface area (Å²) in [6.07, 6.45) is 90.6. The number of aliphatic hydroxyl groups excluding tert-OH is 5. The fourth-order valence-corrected chi connectivity index (χ4v) is 11.2. The lowest BCUT2D eigenvalue weighted by Crippen LogP contribution is -2.60. The summed E-state index contributed by atoms with van der Waals surface area (Å²) in [6, 6.07) is -0.835. The SMILES string of the molecule is CC/C=C\C/C=C\C/C=C\C/C=C\C/C=C\C/C=C\C/C=C\CCCCCCCCCCCC(=O)NC(COC1OC(CO)C(O)C(O)C1O)C(O)/C=C/CC/C=C/CCCCCCCCCCCCCCCCCCCCCCCCCCCCC. The molecule has 0 aromatic heterocycles. The van der Waals surface area contributed by atoms with Crippen molar-refractivity contribution in [1.82, 2.24) is 5.32 Å². The Kier molecular flexibility index (Phi) is 61.9. The molecule has 0 bridgehead atoms. The molecule has 1 aliphatic rings. The summed E-state index contributed by atoms with van der Waals surface area (Å²) in [5, 5.41) is 54.8. The molecule has 1 heterocycles. The summed E-state index contributed by atoms with van der Waals surface area (Å²) in [7, 11) is 0. The highest BCUT2D eigenvalue weighted by Crippen LogP contribution is 2.23. The third-order valence-electron chi connectivity index (χ3n) is 16.8. The van der Waals surface area contributed by atoms with Crippen molar-refractivity contribution in [2.45, 2.75) is 365 Å². The molecular weight excluding hydrogens is 1080 g/mol. The first-order chi connectivity index (χ1) is 42.8. The highest BCUT2D eigenvalue weighted by molar-refractivity contribution is 5.76. The maximum absolute atomic E-state index is 13.1. The molecule has 6 N–H and O–H groups in total. The van der Waals surface area contributed by atoms with Gasteiger partial charge in [0, 0.05) is 6.42 Å². The summed E-state index contributed by atoms with van der Waals surface area (Å²) in [5.41, 5.74) is 0. The summed E-state index contributed by atoms with van der Waals surface area (Å²) >= 11 is 0.